The SMILES string of the molecule is CCn1cnc2cc(COC(=O)Cc3sc(-c4ccc(OC)cc4OC)nc3C)ccc21. The molecule has 0 aliphatic rings. The molecule has 7 nitrogen and oxygen atoms in total. The highest BCUT2D eigenvalue weighted by Gasteiger charge is 2.17. The number of esters is 1. The molecule has 0 unspecified atom stereocenters. The smallest absolute Gasteiger partial charge is 0.311 e. The Morgan fingerprint density at radius 2 is 1.97 bits per heavy atom. The summed E-state index contributed by atoms with van der Waals surface area (Å²) in [6, 6.07) is 11.5. The van der Waals surface area contributed by atoms with Crippen molar-refractivity contribution in [2.24, 2.45) is 0 Å². The van der Waals surface area contributed by atoms with Gasteiger partial charge in [0, 0.05) is 17.5 Å². The monoisotopic (exact) mass is 451 g/mol. The lowest BCUT2D eigenvalue weighted by Crippen LogP contribution is -2.07. The normalized spacial score (nSPS) is 11.0. The van der Waals surface area contributed by atoms with Crippen LogP contribution in [-0.2, 0) is 29.1 Å². The molecular formula is C24H25N3O4S. The van der Waals surface area contributed by atoms with Crippen LogP contribution in [0, 0.1) is 6.92 Å². The summed E-state index contributed by atoms with van der Waals surface area (Å²) in [5.41, 5.74) is 4.56. The topological polar surface area (TPSA) is 75.5 Å². The Hall–Kier alpha value is -3.39. The van der Waals surface area contributed by atoms with E-state index in [0.717, 1.165) is 44.3 Å². The van der Waals surface area contributed by atoms with Crippen LogP contribution in [0.2, 0.25) is 0 Å². The van der Waals surface area contributed by atoms with Gasteiger partial charge < -0.3 is 18.8 Å². The van der Waals surface area contributed by atoms with Gasteiger partial charge in [-0.15, -0.1) is 11.3 Å². The molecule has 0 atom stereocenters. The molecule has 0 bridgehead atoms. The number of aromatic nitrogens is 3. The summed E-state index contributed by atoms with van der Waals surface area (Å²) in [5, 5.41) is 0.793. The van der Waals surface area contributed by atoms with Crippen molar-refractivity contribution in [3.63, 3.8) is 0 Å². The van der Waals surface area contributed by atoms with E-state index >= 15 is 0 Å². The molecule has 2 heterocycles. The van der Waals surface area contributed by atoms with Crippen molar-refractivity contribution in [2.75, 3.05) is 14.2 Å². The summed E-state index contributed by atoms with van der Waals surface area (Å²) in [6.45, 7) is 5.05. The molecule has 2 aromatic carbocycles. The van der Waals surface area contributed by atoms with Gasteiger partial charge in [0.1, 0.15) is 23.1 Å². The number of rotatable bonds is 8. The number of fused-ring (bicyclic) bond motifs is 1. The molecule has 8 heteroatoms. The summed E-state index contributed by atoms with van der Waals surface area (Å²) < 4.78 is 18.3. The van der Waals surface area contributed by atoms with Crippen molar-refractivity contribution in [3.8, 4) is 22.1 Å². The van der Waals surface area contributed by atoms with Gasteiger partial charge in [0.15, 0.2) is 0 Å². The predicted octanol–water partition coefficient (Wildman–Crippen LogP) is 4.79. The summed E-state index contributed by atoms with van der Waals surface area (Å²) in [5.74, 6) is 1.10. The molecule has 0 amide bonds. The highest BCUT2D eigenvalue weighted by molar-refractivity contribution is 7.15. The highest BCUT2D eigenvalue weighted by atomic mass is 32.1. The first kappa shape index (κ1) is 21.8. The summed E-state index contributed by atoms with van der Waals surface area (Å²) in [7, 11) is 3.22. The fourth-order valence-electron chi connectivity index (χ4n) is 3.48. The van der Waals surface area contributed by atoms with E-state index in [0.29, 0.717) is 11.5 Å². The van der Waals surface area contributed by atoms with E-state index in [1.54, 1.807) is 14.2 Å². The molecule has 0 N–H and O–H groups in total. The minimum absolute atomic E-state index is 0.175. The number of hydrogen-bond donors (Lipinski definition) is 0. The van der Waals surface area contributed by atoms with E-state index in [1.807, 2.05) is 49.6 Å². The van der Waals surface area contributed by atoms with Crippen LogP contribution in [0.25, 0.3) is 21.6 Å². The summed E-state index contributed by atoms with van der Waals surface area (Å²) >= 11 is 1.47. The number of methoxy groups -OCH3 is 2. The molecule has 4 aromatic rings. The quantitative estimate of drug-likeness (QED) is 0.359. The minimum Gasteiger partial charge on any atom is -0.497 e. The molecule has 0 radical (unpaired) electrons. The number of imidazole rings is 1. The van der Waals surface area contributed by atoms with Gasteiger partial charge in [0.2, 0.25) is 0 Å². The Kier molecular flexibility index (Phi) is 6.41. The molecule has 2 aromatic heterocycles. The van der Waals surface area contributed by atoms with Gasteiger partial charge in [0.25, 0.3) is 0 Å². The first-order valence-electron chi connectivity index (χ1n) is 10.3. The Labute approximate surface area is 190 Å². The molecule has 0 aliphatic carbocycles. The number of ether oxygens (including phenoxy) is 3. The zero-order valence-corrected chi connectivity index (χ0v) is 19.4. The number of carbonyl (C=O) groups excluding carboxylic acids is 1. The Balaban J connectivity index is 1.43. The third-order valence-corrected chi connectivity index (χ3v) is 6.45. The first-order chi connectivity index (χ1) is 15.5. The largest absolute Gasteiger partial charge is 0.497 e. The van der Waals surface area contributed by atoms with E-state index in [4.69, 9.17) is 14.2 Å². The van der Waals surface area contributed by atoms with Crippen LogP contribution in [0.5, 0.6) is 11.5 Å². The minimum atomic E-state index is -0.288. The van der Waals surface area contributed by atoms with E-state index in [2.05, 4.69) is 21.5 Å². The molecule has 0 saturated carbocycles. The van der Waals surface area contributed by atoms with Gasteiger partial charge in [0.05, 0.1) is 49.3 Å². The van der Waals surface area contributed by atoms with Gasteiger partial charge in [-0.05, 0) is 43.7 Å². The molecule has 0 fully saturated rings. The third-order valence-electron chi connectivity index (χ3n) is 5.26. The molecule has 0 spiro atoms. The van der Waals surface area contributed by atoms with Gasteiger partial charge in [-0.3, -0.25) is 4.79 Å². The molecular weight excluding hydrogens is 426 g/mol. The molecule has 0 saturated heterocycles. The zero-order valence-electron chi connectivity index (χ0n) is 18.5. The van der Waals surface area contributed by atoms with Crippen molar-refractivity contribution in [2.45, 2.75) is 33.4 Å². The number of aryl methyl sites for hydroxylation is 2. The zero-order chi connectivity index (χ0) is 22.7. The van der Waals surface area contributed by atoms with Crippen molar-refractivity contribution >= 4 is 28.3 Å². The highest BCUT2D eigenvalue weighted by Crippen LogP contribution is 2.36. The maximum atomic E-state index is 12.5. The third kappa shape index (κ3) is 4.45. The van der Waals surface area contributed by atoms with Gasteiger partial charge >= 0.3 is 5.97 Å². The van der Waals surface area contributed by atoms with Crippen LogP contribution in [0.4, 0.5) is 0 Å². The Bertz CT molecular complexity index is 1260. The fraction of sp³-hybridized carbons (Fsp3) is 0.292. The van der Waals surface area contributed by atoms with Crippen molar-refractivity contribution in [1.29, 1.82) is 0 Å². The second-order valence-corrected chi connectivity index (χ2v) is 8.37. The number of carbonyl (C=O) groups is 1. The lowest BCUT2D eigenvalue weighted by atomic mass is 10.2. The van der Waals surface area contributed by atoms with Crippen molar-refractivity contribution in [1.82, 2.24) is 14.5 Å². The van der Waals surface area contributed by atoms with Gasteiger partial charge in [-0.25, -0.2) is 9.97 Å². The second-order valence-electron chi connectivity index (χ2n) is 7.28. The number of nitrogens with zero attached hydrogens (tertiary/aromatic N) is 3. The van der Waals surface area contributed by atoms with Crippen molar-refractivity contribution in [3.05, 3.63) is 58.9 Å². The predicted molar refractivity (Wildman–Crippen MR) is 124 cm³/mol. The van der Waals surface area contributed by atoms with Crippen LogP contribution >= 0.6 is 11.3 Å². The Morgan fingerprint density at radius 3 is 2.72 bits per heavy atom. The molecule has 4 rings (SSSR count). The lowest BCUT2D eigenvalue weighted by Gasteiger charge is -2.08. The molecule has 0 aliphatic heterocycles. The van der Waals surface area contributed by atoms with E-state index in [1.165, 1.54) is 11.3 Å². The average Bonchev–Trinajstić information content (AvgIpc) is 3.39. The standard InChI is InChI=1S/C24H25N3O4S/c1-5-27-14-25-19-10-16(6-9-20(19)27)13-31-23(28)12-22-15(2)26-24(32-22)18-8-7-17(29-3)11-21(18)30-4/h6-11,14H,5,12-13H2,1-4H3. The van der Waals surface area contributed by atoms with Crippen LogP contribution < -0.4 is 9.47 Å². The number of hydrogen-bond acceptors (Lipinski definition) is 7. The van der Waals surface area contributed by atoms with Crippen LogP contribution in [-0.4, -0.2) is 34.7 Å². The lowest BCUT2D eigenvalue weighted by molar-refractivity contribution is -0.144. The first-order valence-corrected chi connectivity index (χ1v) is 11.1. The van der Waals surface area contributed by atoms with Crippen LogP contribution in [0.3, 0.4) is 0 Å². The Morgan fingerprint density at radius 1 is 1.12 bits per heavy atom. The summed E-state index contributed by atoms with van der Waals surface area (Å²) in [6.07, 6.45) is 2.00. The van der Waals surface area contributed by atoms with Crippen molar-refractivity contribution < 1.29 is 19.0 Å². The maximum absolute atomic E-state index is 12.5. The van der Waals surface area contributed by atoms with E-state index in [9.17, 15) is 4.79 Å². The van der Waals surface area contributed by atoms with E-state index in [-0.39, 0.29) is 19.0 Å². The van der Waals surface area contributed by atoms with Crippen LogP contribution in [0.15, 0.2) is 42.7 Å². The number of thiazole rings is 1. The number of benzene rings is 2. The second kappa shape index (κ2) is 9.40. The average molecular weight is 452 g/mol. The maximum Gasteiger partial charge on any atom is 0.311 e. The summed E-state index contributed by atoms with van der Waals surface area (Å²) in [4.78, 5) is 22.4. The van der Waals surface area contributed by atoms with Gasteiger partial charge in [-0.2, -0.15) is 0 Å². The van der Waals surface area contributed by atoms with E-state index < -0.39 is 0 Å². The van der Waals surface area contributed by atoms with Gasteiger partial charge in [-0.1, -0.05) is 6.07 Å². The molecule has 32 heavy (non-hydrogen) atoms. The molecule has 166 valence electrons. The van der Waals surface area contributed by atoms with Crippen LogP contribution in [0.1, 0.15) is 23.1 Å². The fourth-order valence-corrected chi connectivity index (χ4v) is 4.56.